The Morgan fingerprint density at radius 2 is 2.22 bits per heavy atom. The quantitative estimate of drug-likeness (QED) is 0.745. The molecule has 0 saturated heterocycles. The van der Waals surface area contributed by atoms with Crippen LogP contribution in [0.4, 0.5) is 0 Å². The van der Waals surface area contributed by atoms with Crippen LogP contribution in [0, 0.1) is 0 Å². The van der Waals surface area contributed by atoms with Crippen molar-refractivity contribution in [3.05, 3.63) is 21.9 Å². The van der Waals surface area contributed by atoms with E-state index < -0.39 is 0 Å². The lowest BCUT2D eigenvalue weighted by Crippen LogP contribution is -2.40. The monoisotopic (exact) mass is 329 g/mol. The second kappa shape index (κ2) is 6.71. The van der Waals surface area contributed by atoms with Crippen molar-refractivity contribution in [1.29, 1.82) is 0 Å². The number of hydrogen-bond donors (Lipinski definition) is 0. The van der Waals surface area contributed by atoms with E-state index in [1.165, 1.54) is 31.2 Å². The molecule has 0 spiro atoms. The number of halogens is 1. The van der Waals surface area contributed by atoms with Gasteiger partial charge in [-0.25, -0.2) is 0 Å². The van der Waals surface area contributed by atoms with Gasteiger partial charge < -0.3 is 4.90 Å². The van der Waals surface area contributed by atoms with E-state index in [1.54, 1.807) is 11.3 Å². The fourth-order valence-electron chi connectivity index (χ4n) is 2.69. The van der Waals surface area contributed by atoms with Crippen LogP contribution in [0.3, 0.4) is 0 Å². The van der Waals surface area contributed by atoms with Crippen molar-refractivity contribution in [2.45, 2.75) is 45.1 Å². The Balaban J connectivity index is 2.17. The molecule has 1 fully saturated rings. The number of thiophene rings is 1. The van der Waals surface area contributed by atoms with Crippen molar-refractivity contribution < 1.29 is 4.79 Å². The topological polar surface area (TPSA) is 20.3 Å². The molecule has 2 rings (SSSR count). The Labute approximate surface area is 122 Å². The normalized spacial score (nSPS) is 16.1. The average molecular weight is 330 g/mol. The van der Waals surface area contributed by atoms with Gasteiger partial charge in [-0.2, -0.15) is 0 Å². The third-order valence-electron chi connectivity index (χ3n) is 3.67. The van der Waals surface area contributed by atoms with Crippen molar-refractivity contribution in [3.8, 4) is 0 Å². The number of carbonyl (C=O) groups is 1. The highest BCUT2D eigenvalue weighted by Gasteiger charge is 2.28. The van der Waals surface area contributed by atoms with E-state index in [0.29, 0.717) is 6.04 Å². The van der Waals surface area contributed by atoms with E-state index in [4.69, 9.17) is 0 Å². The van der Waals surface area contributed by atoms with Crippen molar-refractivity contribution >= 4 is 33.2 Å². The molecule has 2 nitrogen and oxygen atoms in total. The molecule has 1 aliphatic carbocycles. The Morgan fingerprint density at radius 3 is 2.83 bits per heavy atom. The molecule has 0 radical (unpaired) electrons. The number of hydrogen-bond acceptors (Lipinski definition) is 2. The van der Waals surface area contributed by atoms with Crippen LogP contribution in [0.15, 0.2) is 11.4 Å². The molecule has 1 heterocycles. The molecule has 1 aromatic rings. The molecule has 0 N–H and O–H groups in total. The maximum Gasteiger partial charge on any atom is 0.264 e. The number of amides is 1. The molecule has 4 heteroatoms. The zero-order valence-electron chi connectivity index (χ0n) is 10.8. The molecule has 1 aliphatic rings. The molecule has 1 saturated carbocycles. The van der Waals surface area contributed by atoms with Crippen LogP contribution < -0.4 is 0 Å². The zero-order chi connectivity index (χ0) is 13.0. The minimum Gasteiger partial charge on any atom is -0.334 e. The molecule has 100 valence electrons. The summed E-state index contributed by atoms with van der Waals surface area (Å²) in [4.78, 5) is 15.7. The van der Waals surface area contributed by atoms with Gasteiger partial charge in [0.25, 0.3) is 5.91 Å². The third kappa shape index (κ3) is 2.97. The summed E-state index contributed by atoms with van der Waals surface area (Å²) in [5.41, 5.74) is 1.20. The third-order valence-corrected chi connectivity index (χ3v) is 4.97. The van der Waals surface area contributed by atoms with Gasteiger partial charge in [0, 0.05) is 17.9 Å². The van der Waals surface area contributed by atoms with E-state index in [-0.39, 0.29) is 5.91 Å². The van der Waals surface area contributed by atoms with Gasteiger partial charge >= 0.3 is 0 Å². The molecule has 0 bridgehead atoms. The largest absolute Gasteiger partial charge is 0.334 e. The lowest BCUT2D eigenvalue weighted by atomic mass is 10.1. The van der Waals surface area contributed by atoms with Crippen LogP contribution in [0.1, 0.15) is 47.8 Å². The molecule has 0 atom stereocenters. The van der Waals surface area contributed by atoms with Crippen LogP contribution in [0.25, 0.3) is 0 Å². The highest BCUT2D eigenvalue weighted by molar-refractivity contribution is 9.09. The molecule has 0 unspecified atom stereocenters. The van der Waals surface area contributed by atoms with Crippen molar-refractivity contribution in [1.82, 2.24) is 4.90 Å². The van der Waals surface area contributed by atoms with E-state index >= 15 is 0 Å². The summed E-state index contributed by atoms with van der Waals surface area (Å²) in [6.07, 6.45) is 5.82. The maximum atomic E-state index is 12.7. The molecule has 1 amide bonds. The van der Waals surface area contributed by atoms with Gasteiger partial charge in [0.05, 0.1) is 4.88 Å². The zero-order valence-corrected chi connectivity index (χ0v) is 13.2. The SMILES string of the molecule is CCc1ccsc1C(=O)N(CCBr)C1CCCC1. The Morgan fingerprint density at radius 1 is 1.50 bits per heavy atom. The van der Waals surface area contributed by atoms with Crippen LogP contribution >= 0.6 is 27.3 Å². The van der Waals surface area contributed by atoms with Crippen molar-refractivity contribution in [2.75, 3.05) is 11.9 Å². The Hall–Kier alpha value is -0.350. The van der Waals surface area contributed by atoms with Crippen molar-refractivity contribution in [3.63, 3.8) is 0 Å². The van der Waals surface area contributed by atoms with Gasteiger partial charge in [-0.05, 0) is 36.3 Å². The maximum absolute atomic E-state index is 12.7. The first kappa shape index (κ1) is 14.1. The fourth-order valence-corrected chi connectivity index (χ4v) is 4.02. The van der Waals surface area contributed by atoms with Crippen LogP contribution in [0.5, 0.6) is 0 Å². The van der Waals surface area contributed by atoms with Crippen LogP contribution in [0.2, 0.25) is 0 Å². The summed E-state index contributed by atoms with van der Waals surface area (Å²) in [7, 11) is 0. The second-order valence-corrected chi connectivity index (χ2v) is 6.46. The number of alkyl halides is 1. The van der Waals surface area contributed by atoms with Gasteiger partial charge in [-0.15, -0.1) is 11.3 Å². The predicted molar refractivity (Wildman–Crippen MR) is 80.8 cm³/mol. The summed E-state index contributed by atoms with van der Waals surface area (Å²) in [6, 6.07) is 2.54. The second-order valence-electron chi connectivity index (χ2n) is 4.75. The van der Waals surface area contributed by atoms with Crippen molar-refractivity contribution in [2.24, 2.45) is 0 Å². The number of carbonyl (C=O) groups excluding carboxylic acids is 1. The lowest BCUT2D eigenvalue weighted by molar-refractivity contribution is 0.0700. The van der Waals surface area contributed by atoms with Crippen LogP contribution in [-0.2, 0) is 6.42 Å². The molecule has 1 aromatic heterocycles. The first-order valence-electron chi connectivity index (χ1n) is 6.71. The Bertz CT molecular complexity index is 398. The molecule has 18 heavy (non-hydrogen) atoms. The smallest absolute Gasteiger partial charge is 0.264 e. The van der Waals surface area contributed by atoms with E-state index in [2.05, 4.69) is 33.8 Å². The first-order valence-corrected chi connectivity index (χ1v) is 8.71. The molecule has 0 aromatic carbocycles. The van der Waals surface area contributed by atoms with E-state index in [9.17, 15) is 4.79 Å². The van der Waals surface area contributed by atoms with E-state index in [0.717, 1.165) is 23.2 Å². The average Bonchev–Trinajstić information content (AvgIpc) is 3.05. The first-order chi connectivity index (χ1) is 8.77. The van der Waals surface area contributed by atoms with E-state index in [1.807, 2.05) is 5.38 Å². The van der Waals surface area contributed by atoms with Gasteiger partial charge in [-0.1, -0.05) is 35.7 Å². The standard InChI is InChI=1S/C14H20BrNOS/c1-2-11-7-10-18-13(11)14(17)16(9-8-15)12-5-3-4-6-12/h7,10,12H,2-6,8-9H2,1H3. The predicted octanol–water partition coefficient (Wildman–Crippen LogP) is 4.09. The highest BCUT2D eigenvalue weighted by atomic mass is 79.9. The lowest BCUT2D eigenvalue weighted by Gasteiger charge is -2.28. The Kier molecular flexibility index (Phi) is 5.25. The summed E-state index contributed by atoms with van der Waals surface area (Å²) in [5, 5.41) is 2.90. The fraction of sp³-hybridized carbons (Fsp3) is 0.643. The summed E-state index contributed by atoms with van der Waals surface area (Å²) >= 11 is 5.06. The summed E-state index contributed by atoms with van der Waals surface area (Å²) in [6.45, 7) is 2.94. The van der Waals surface area contributed by atoms with Gasteiger partial charge in [0.1, 0.15) is 0 Å². The van der Waals surface area contributed by atoms with Gasteiger partial charge in [0.15, 0.2) is 0 Å². The van der Waals surface area contributed by atoms with Crippen LogP contribution in [-0.4, -0.2) is 28.7 Å². The minimum atomic E-state index is 0.244. The summed E-state index contributed by atoms with van der Waals surface area (Å²) in [5.74, 6) is 0.244. The molecular formula is C14H20BrNOS. The molecule has 0 aliphatic heterocycles. The van der Waals surface area contributed by atoms with Gasteiger partial charge in [0.2, 0.25) is 0 Å². The number of aryl methyl sites for hydroxylation is 1. The minimum absolute atomic E-state index is 0.244. The highest BCUT2D eigenvalue weighted by Crippen LogP contribution is 2.27. The number of nitrogens with zero attached hydrogens (tertiary/aromatic N) is 1. The summed E-state index contributed by atoms with van der Waals surface area (Å²) < 4.78 is 0. The van der Waals surface area contributed by atoms with Gasteiger partial charge in [-0.3, -0.25) is 4.79 Å². The number of rotatable bonds is 5. The molecular weight excluding hydrogens is 310 g/mol.